The highest BCUT2D eigenvalue weighted by atomic mass is 32.2. The second-order valence-corrected chi connectivity index (χ2v) is 6.57. The van der Waals surface area contributed by atoms with Crippen LogP contribution in [0.25, 0.3) is 0 Å². The molecule has 120 valence electrons. The Morgan fingerprint density at radius 2 is 2.04 bits per heavy atom. The zero-order chi connectivity index (χ0) is 16.2. The van der Waals surface area contributed by atoms with Crippen LogP contribution in [-0.4, -0.2) is 35.1 Å². The minimum atomic E-state index is 0.0837. The van der Waals surface area contributed by atoms with Crippen LogP contribution in [-0.2, 0) is 6.54 Å². The van der Waals surface area contributed by atoms with Crippen molar-refractivity contribution in [1.82, 2.24) is 9.88 Å². The summed E-state index contributed by atoms with van der Waals surface area (Å²) in [4.78, 5) is 20.3. The Balaban J connectivity index is 1.78. The molecule has 1 aliphatic carbocycles. The molecule has 1 amide bonds. The average Bonchev–Trinajstić information content (AvgIpc) is 3.44. The molecule has 0 aliphatic heterocycles. The predicted molar refractivity (Wildman–Crippen MR) is 94.9 cm³/mol. The summed E-state index contributed by atoms with van der Waals surface area (Å²) in [7, 11) is 1.81. The van der Waals surface area contributed by atoms with Crippen LogP contribution >= 0.6 is 11.8 Å². The van der Waals surface area contributed by atoms with Crippen molar-refractivity contribution in [2.45, 2.75) is 30.3 Å². The van der Waals surface area contributed by atoms with Gasteiger partial charge in [0, 0.05) is 36.3 Å². The zero-order valence-electron chi connectivity index (χ0n) is 13.5. The summed E-state index contributed by atoms with van der Waals surface area (Å²) in [5.74, 6) is 0.802. The van der Waals surface area contributed by atoms with E-state index in [-0.39, 0.29) is 5.91 Å². The Morgan fingerprint density at radius 3 is 2.65 bits per heavy atom. The highest BCUT2D eigenvalue weighted by molar-refractivity contribution is 7.98. The molecule has 1 fully saturated rings. The zero-order valence-corrected chi connectivity index (χ0v) is 14.3. The van der Waals surface area contributed by atoms with E-state index in [0.29, 0.717) is 18.2 Å². The van der Waals surface area contributed by atoms with E-state index >= 15 is 0 Å². The van der Waals surface area contributed by atoms with Crippen molar-refractivity contribution in [3.05, 3.63) is 53.7 Å². The fourth-order valence-corrected chi connectivity index (χ4v) is 2.95. The first kappa shape index (κ1) is 15.9. The SMILES string of the molecule is CNc1cc(C(=O)N(Cc2ccc(SC)cc2)C2CC2)ccn1. The van der Waals surface area contributed by atoms with E-state index in [4.69, 9.17) is 0 Å². The van der Waals surface area contributed by atoms with Crippen molar-refractivity contribution in [2.24, 2.45) is 0 Å². The average molecular weight is 327 g/mol. The number of hydrogen-bond acceptors (Lipinski definition) is 4. The van der Waals surface area contributed by atoms with Crippen LogP contribution in [0.1, 0.15) is 28.8 Å². The van der Waals surface area contributed by atoms with Crippen LogP contribution < -0.4 is 5.32 Å². The minimum absolute atomic E-state index is 0.0837. The van der Waals surface area contributed by atoms with Crippen molar-refractivity contribution in [3.63, 3.8) is 0 Å². The van der Waals surface area contributed by atoms with Gasteiger partial charge in [-0.15, -0.1) is 11.8 Å². The number of thioether (sulfide) groups is 1. The van der Waals surface area contributed by atoms with E-state index in [0.717, 1.165) is 18.7 Å². The number of hydrogen-bond donors (Lipinski definition) is 1. The lowest BCUT2D eigenvalue weighted by atomic mass is 10.1. The molecule has 5 heteroatoms. The molecular weight excluding hydrogens is 306 g/mol. The van der Waals surface area contributed by atoms with Gasteiger partial charge in [0.1, 0.15) is 5.82 Å². The third kappa shape index (κ3) is 3.85. The topological polar surface area (TPSA) is 45.2 Å². The van der Waals surface area contributed by atoms with Crippen LogP contribution in [0, 0.1) is 0 Å². The highest BCUT2D eigenvalue weighted by Crippen LogP contribution is 2.30. The summed E-state index contributed by atoms with van der Waals surface area (Å²) in [6, 6.07) is 12.4. The van der Waals surface area contributed by atoms with Crippen molar-refractivity contribution in [1.29, 1.82) is 0 Å². The molecule has 0 bridgehead atoms. The minimum Gasteiger partial charge on any atom is -0.373 e. The third-order valence-corrected chi connectivity index (χ3v) is 4.77. The number of nitrogens with zero attached hydrogens (tertiary/aromatic N) is 2. The van der Waals surface area contributed by atoms with Crippen LogP contribution in [0.15, 0.2) is 47.5 Å². The van der Waals surface area contributed by atoms with E-state index in [1.807, 2.05) is 18.0 Å². The highest BCUT2D eigenvalue weighted by Gasteiger charge is 2.33. The Bertz CT molecular complexity index is 683. The van der Waals surface area contributed by atoms with Gasteiger partial charge in [-0.2, -0.15) is 0 Å². The van der Waals surface area contributed by atoms with E-state index < -0.39 is 0 Å². The molecule has 1 aliphatic rings. The summed E-state index contributed by atoms with van der Waals surface area (Å²) < 4.78 is 0. The monoisotopic (exact) mass is 327 g/mol. The van der Waals surface area contributed by atoms with Gasteiger partial charge in [-0.1, -0.05) is 12.1 Å². The number of rotatable bonds is 6. The van der Waals surface area contributed by atoms with Crippen LogP contribution in [0.4, 0.5) is 5.82 Å². The van der Waals surface area contributed by atoms with Crippen molar-refractivity contribution in [3.8, 4) is 0 Å². The maximum absolute atomic E-state index is 12.9. The summed E-state index contributed by atoms with van der Waals surface area (Å²) in [5, 5.41) is 2.98. The quantitative estimate of drug-likeness (QED) is 0.823. The molecule has 4 nitrogen and oxygen atoms in total. The smallest absolute Gasteiger partial charge is 0.254 e. The molecule has 3 rings (SSSR count). The lowest BCUT2D eigenvalue weighted by Gasteiger charge is -2.23. The number of anilines is 1. The van der Waals surface area contributed by atoms with E-state index in [1.54, 1.807) is 24.0 Å². The van der Waals surface area contributed by atoms with Gasteiger partial charge in [0.25, 0.3) is 5.91 Å². The summed E-state index contributed by atoms with van der Waals surface area (Å²) in [6.07, 6.45) is 5.94. The van der Waals surface area contributed by atoms with Crippen LogP contribution in [0.2, 0.25) is 0 Å². The first-order valence-electron chi connectivity index (χ1n) is 7.79. The Labute approximate surface area is 141 Å². The van der Waals surface area contributed by atoms with Crippen molar-refractivity contribution >= 4 is 23.5 Å². The number of carbonyl (C=O) groups excluding carboxylic acids is 1. The largest absolute Gasteiger partial charge is 0.373 e. The molecule has 0 saturated heterocycles. The van der Waals surface area contributed by atoms with Gasteiger partial charge in [0.05, 0.1) is 0 Å². The third-order valence-electron chi connectivity index (χ3n) is 4.02. The fraction of sp³-hybridized carbons (Fsp3) is 0.333. The number of pyridine rings is 1. The normalized spacial score (nSPS) is 13.7. The molecule has 1 heterocycles. The standard InChI is InChI=1S/C18H21N3OS/c1-19-17-11-14(9-10-20-17)18(22)21(15-5-6-15)12-13-3-7-16(23-2)8-4-13/h3-4,7-11,15H,5-6,12H2,1-2H3,(H,19,20). The maximum atomic E-state index is 12.9. The van der Waals surface area contributed by atoms with Gasteiger partial charge >= 0.3 is 0 Å². The van der Waals surface area contributed by atoms with Gasteiger partial charge in [-0.05, 0) is 48.9 Å². The predicted octanol–water partition coefficient (Wildman–Crippen LogP) is 3.65. The van der Waals surface area contributed by atoms with Gasteiger partial charge in [-0.25, -0.2) is 4.98 Å². The molecule has 1 aromatic carbocycles. The van der Waals surface area contributed by atoms with Crippen molar-refractivity contribution < 1.29 is 4.79 Å². The molecule has 1 N–H and O–H groups in total. The van der Waals surface area contributed by atoms with Crippen molar-refractivity contribution in [2.75, 3.05) is 18.6 Å². The molecule has 0 radical (unpaired) electrons. The molecule has 1 saturated carbocycles. The van der Waals surface area contributed by atoms with Gasteiger partial charge in [0.15, 0.2) is 0 Å². The number of carbonyl (C=O) groups is 1. The second kappa shape index (κ2) is 7.04. The maximum Gasteiger partial charge on any atom is 0.254 e. The molecular formula is C18H21N3OS. The molecule has 1 aromatic heterocycles. The lowest BCUT2D eigenvalue weighted by molar-refractivity contribution is 0.0730. The van der Waals surface area contributed by atoms with Gasteiger partial charge in [0.2, 0.25) is 0 Å². The fourth-order valence-electron chi connectivity index (χ4n) is 2.55. The number of aromatic nitrogens is 1. The Kier molecular flexibility index (Phi) is 4.86. The van der Waals surface area contributed by atoms with E-state index in [2.05, 4.69) is 40.8 Å². The van der Waals surface area contributed by atoms with Crippen LogP contribution in [0.3, 0.4) is 0 Å². The number of nitrogens with one attached hydrogen (secondary N) is 1. The lowest BCUT2D eigenvalue weighted by Crippen LogP contribution is -2.32. The molecule has 2 aromatic rings. The summed E-state index contributed by atoms with van der Waals surface area (Å²) in [6.45, 7) is 0.662. The molecule has 0 unspecified atom stereocenters. The number of amides is 1. The van der Waals surface area contributed by atoms with Crippen LogP contribution in [0.5, 0.6) is 0 Å². The Hall–Kier alpha value is -2.01. The molecule has 0 spiro atoms. The first-order chi connectivity index (χ1) is 11.2. The van der Waals surface area contributed by atoms with Gasteiger partial charge < -0.3 is 10.2 Å². The molecule has 23 heavy (non-hydrogen) atoms. The van der Waals surface area contributed by atoms with E-state index in [1.165, 1.54) is 10.5 Å². The van der Waals surface area contributed by atoms with E-state index in [9.17, 15) is 4.79 Å². The first-order valence-corrected chi connectivity index (χ1v) is 9.01. The summed E-state index contributed by atoms with van der Waals surface area (Å²) in [5.41, 5.74) is 1.86. The molecule has 0 atom stereocenters. The number of benzene rings is 1. The second-order valence-electron chi connectivity index (χ2n) is 5.69. The summed E-state index contributed by atoms with van der Waals surface area (Å²) >= 11 is 1.73. The Morgan fingerprint density at radius 1 is 1.30 bits per heavy atom. The van der Waals surface area contributed by atoms with Gasteiger partial charge in [-0.3, -0.25) is 4.79 Å².